The third-order valence-corrected chi connectivity index (χ3v) is 4.35. The fourth-order valence-corrected chi connectivity index (χ4v) is 2.81. The number of piperidine rings is 1. The zero-order valence-corrected chi connectivity index (χ0v) is 14.5. The van der Waals surface area contributed by atoms with E-state index in [0.29, 0.717) is 43.9 Å². The third kappa shape index (κ3) is 5.64. The summed E-state index contributed by atoms with van der Waals surface area (Å²) in [6.07, 6.45) is 1.81. The second-order valence-electron chi connectivity index (χ2n) is 6.86. The summed E-state index contributed by atoms with van der Waals surface area (Å²) in [6, 6.07) is 7.31. The number of likely N-dealkylation sites (tertiary alicyclic amines) is 1. The van der Waals surface area contributed by atoms with Crippen molar-refractivity contribution in [2.45, 2.75) is 33.1 Å². The van der Waals surface area contributed by atoms with Crippen molar-refractivity contribution in [3.8, 4) is 5.75 Å². The lowest BCUT2D eigenvalue weighted by Gasteiger charge is -2.29. The number of carbonyl (C=O) groups excluding carboxylic acids is 1. The van der Waals surface area contributed by atoms with Crippen LogP contribution in [0.25, 0.3) is 0 Å². The van der Waals surface area contributed by atoms with E-state index < -0.39 is 5.97 Å². The van der Waals surface area contributed by atoms with Gasteiger partial charge in [0.25, 0.3) is 0 Å². The number of carbonyl (C=O) groups is 2. The molecule has 1 fully saturated rings. The first kappa shape index (κ1) is 18.5. The third-order valence-electron chi connectivity index (χ3n) is 4.35. The molecule has 0 unspecified atom stereocenters. The van der Waals surface area contributed by atoms with Crippen molar-refractivity contribution in [2.24, 2.45) is 11.8 Å². The number of nitrogens with zero attached hydrogens (tertiary/aromatic N) is 1. The Hall–Kier alpha value is -1.88. The van der Waals surface area contributed by atoms with E-state index in [1.54, 1.807) is 0 Å². The van der Waals surface area contributed by atoms with Crippen LogP contribution in [0.5, 0.6) is 5.75 Å². The average Bonchev–Trinajstić information content (AvgIpc) is 2.58. The Labute approximate surface area is 143 Å². The summed E-state index contributed by atoms with van der Waals surface area (Å²) in [5.41, 5.74) is 0.701. The molecule has 2 rings (SSSR count). The molecular weight excluding hydrogens is 306 g/mol. The summed E-state index contributed by atoms with van der Waals surface area (Å²) in [6.45, 7) is 7.06. The molecule has 0 spiro atoms. The maximum absolute atomic E-state index is 12.3. The Morgan fingerprint density at radius 1 is 1.21 bits per heavy atom. The smallest absolute Gasteiger partial charge is 0.306 e. The van der Waals surface area contributed by atoms with Gasteiger partial charge in [-0.3, -0.25) is 9.59 Å². The molecule has 132 valence electrons. The van der Waals surface area contributed by atoms with E-state index in [0.717, 1.165) is 18.8 Å². The number of carboxylic acids is 1. The van der Waals surface area contributed by atoms with E-state index in [1.165, 1.54) is 0 Å². The quantitative estimate of drug-likeness (QED) is 0.741. The molecular formula is C19H27NO4. The molecule has 1 N–H and O–H groups in total. The van der Waals surface area contributed by atoms with Crippen LogP contribution in [0.2, 0.25) is 0 Å². The first-order valence-corrected chi connectivity index (χ1v) is 8.67. The zero-order chi connectivity index (χ0) is 17.5. The van der Waals surface area contributed by atoms with Crippen molar-refractivity contribution in [1.29, 1.82) is 0 Å². The minimum atomic E-state index is -0.703. The van der Waals surface area contributed by atoms with Crippen molar-refractivity contribution >= 4 is 11.8 Å². The van der Waals surface area contributed by atoms with Gasteiger partial charge in [0.1, 0.15) is 5.75 Å². The average molecular weight is 333 g/mol. The van der Waals surface area contributed by atoms with Crippen LogP contribution < -0.4 is 4.74 Å². The van der Waals surface area contributed by atoms with Crippen molar-refractivity contribution in [2.75, 3.05) is 26.2 Å². The van der Waals surface area contributed by atoms with Gasteiger partial charge < -0.3 is 14.7 Å². The van der Waals surface area contributed by atoms with E-state index in [2.05, 4.69) is 18.7 Å². The van der Waals surface area contributed by atoms with E-state index >= 15 is 0 Å². The Kier molecular flexibility index (Phi) is 6.79. The maximum atomic E-state index is 12.3. The first-order valence-electron chi connectivity index (χ1n) is 8.67. The molecule has 1 saturated heterocycles. The summed E-state index contributed by atoms with van der Waals surface area (Å²) in [7, 11) is 0. The fourth-order valence-electron chi connectivity index (χ4n) is 2.81. The highest BCUT2D eigenvalue weighted by atomic mass is 16.5. The van der Waals surface area contributed by atoms with Gasteiger partial charge >= 0.3 is 5.97 Å². The van der Waals surface area contributed by atoms with Crippen LogP contribution >= 0.6 is 0 Å². The first-order chi connectivity index (χ1) is 11.5. The lowest BCUT2D eigenvalue weighted by Crippen LogP contribution is -2.37. The number of rotatable bonds is 8. The number of hydrogen-bond acceptors (Lipinski definition) is 4. The molecule has 1 aliphatic heterocycles. The molecule has 0 aromatic heterocycles. The molecule has 1 heterocycles. The van der Waals surface area contributed by atoms with E-state index in [4.69, 9.17) is 9.84 Å². The van der Waals surface area contributed by atoms with Crippen LogP contribution in [-0.2, 0) is 4.79 Å². The number of Topliss-reactive ketones (excluding diaryl/α,β-unsaturated/α-hetero) is 1. The minimum absolute atomic E-state index is 0.116. The summed E-state index contributed by atoms with van der Waals surface area (Å²) in [5, 5.41) is 9.00. The van der Waals surface area contributed by atoms with Crippen LogP contribution in [-0.4, -0.2) is 48.0 Å². The van der Waals surface area contributed by atoms with Gasteiger partial charge in [0.05, 0.1) is 12.5 Å². The van der Waals surface area contributed by atoms with Crippen LogP contribution in [0, 0.1) is 11.8 Å². The second-order valence-corrected chi connectivity index (χ2v) is 6.86. The van der Waals surface area contributed by atoms with Gasteiger partial charge in [-0.05, 0) is 56.1 Å². The molecule has 1 aliphatic rings. The van der Waals surface area contributed by atoms with Gasteiger partial charge in [0, 0.05) is 18.5 Å². The Morgan fingerprint density at radius 2 is 1.83 bits per heavy atom. The number of aliphatic carboxylic acids is 1. The van der Waals surface area contributed by atoms with E-state index in [1.807, 2.05) is 24.3 Å². The Balaban J connectivity index is 1.75. The number of ether oxygens (including phenoxy) is 1. The number of ketones is 1. The number of carboxylic acid groups (broad SMARTS) is 1. The molecule has 0 aliphatic carbocycles. The SMILES string of the molecule is CC(C)COc1ccc(C(=O)CCN2CCC(C(=O)O)CC2)cc1. The molecule has 0 saturated carbocycles. The Bertz CT molecular complexity index is 545. The standard InChI is InChI=1S/C19H27NO4/c1-14(2)13-24-17-5-3-15(4-6-17)18(21)9-12-20-10-7-16(8-11-20)19(22)23/h3-6,14,16H,7-13H2,1-2H3,(H,22,23). The molecule has 1 aromatic carbocycles. The fraction of sp³-hybridized carbons (Fsp3) is 0.579. The molecule has 0 amide bonds. The van der Waals surface area contributed by atoms with Gasteiger partial charge in [-0.1, -0.05) is 13.8 Å². The minimum Gasteiger partial charge on any atom is -0.493 e. The predicted molar refractivity (Wildman–Crippen MR) is 92.5 cm³/mol. The van der Waals surface area contributed by atoms with Crippen molar-refractivity contribution in [1.82, 2.24) is 4.90 Å². The lowest BCUT2D eigenvalue weighted by atomic mass is 9.97. The van der Waals surface area contributed by atoms with Crippen LogP contribution in [0.4, 0.5) is 0 Å². The van der Waals surface area contributed by atoms with Gasteiger partial charge in [0.2, 0.25) is 0 Å². The maximum Gasteiger partial charge on any atom is 0.306 e. The van der Waals surface area contributed by atoms with Gasteiger partial charge in [-0.2, -0.15) is 0 Å². The van der Waals surface area contributed by atoms with Crippen molar-refractivity contribution in [3.05, 3.63) is 29.8 Å². The molecule has 5 nitrogen and oxygen atoms in total. The highest BCUT2D eigenvalue weighted by Crippen LogP contribution is 2.18. The van der Waals surface area contributed by atoms with Crippen molar-refractivity contribution < 1.29 is 19.4 Å². The second kappa shape index (κ2) is 8.83. The largest absolute Gasteiger partial charge is 0.493 e. The van der Waals surface area contributed by atoms with Gasteiger partial charge in [-0.25, -0.2) is 0 Å². The van der Waals surface area contributed by atoms with Crippen LogP contribution in [0.15, 0.2) is 24.3 Å². The summed E-state index contributed by atoms with van der Waals surface area (Å²) in [5.74, 6) is 0.444. The molecule has 0 radical (unpaired) electrons. The molecule has 0 atom stereocenters. The zero-order valence-electron chi connectivity index (χ0n) is 14.5. The summed E-state index contributed by atoms with van der Waals surface area (Å²) < 4.78 is 5.62. The normalized spacial score (nSPS) is 16.3. The molecule has 24 heavy (non-hydrogen) atoms. The van der Waals surface area contributed by atoms with E-state index in [-0.39, 0.29) is 11.7 Å². The molecule has 5 heteroatoms. The molecule has 0 bridgehead atoms. The van der Waals surface area contributed by atoms with Gasteiger partial charge in [0.15, 0.2) is 5.78 Å². The lowest BCUT2D eigenvalue weighted by molar-refractivity contribution is -0.143. The molecule has 1 aromatic rings. The van der Waals surface area contributed by atoms with Crippen molar-refractivity contribution in [3.63, 3.8) is 0 Å². The summed E-state index contributed by atoms with van der Waals surface area (Å²) >= 11 is 0. The van der Waals surface area contributed by atoms with Crippen LogP contribution in [0.1, 0.15) is 43.5 Å². The number of benzene rings is 1. The van der Waals surface area contributed by atoms with Crippen LogP contribution in [0.3, 0.4) is 0 Å². The highest BCUT2D eigenvalue weighted by molar-refractivity contribution is 5.96. The van der Waals surface area contributed by atoms with E-state index in [9.17, 15) is 9.59 Å². The predicted octanol–water partition coefficient (Wildman–Crippen LogP) is 3.09. The number of hydrogen-bond donors (Lipinski definition) is 1. The Morgan fingerprint density at radius 3 is 2.38 bits per heavy atom. The monoisotopic (exact) mass is 333 g/mol. The topological polar surface area (TPSA) is 66.8 Å². The highest BCUT2D eigenvalue weighted by Gasteiger charge is 2.24. The summed E-state index contributed by atoms with van der Waals surface area (Å²) in [4.78, 5) is 25.4. The van der Waals surface area contributed by atoms with Gasteiger partial charge in [-0.15, -0.1) is 0 Å².